The molecule has 2 nitrogen and oxygen atoms in total. The van der Waals surface area contributed by atoms with E-state index in [1.54, 1.807) is 6.92 Å². The molecule has 2 heterocycles. The van der Waals surface area contributed by atoms with Crippen molar-refractivity contribution in [3.8, 4) is 0 Å². The van der Waals surface area contributed by atoms with E-state index >= 15 is 0 Å². The number of fused-ring (bicyclic) bond motifs is 2. The Morgan fingerprint density at radius 1 is 1.67 bits per heavy atom. The van der Waals surface area contributed by atoms with Gasteiger partial charge < -0.3 is 4.90 Å². The highest BCUT2D eigenvalue weighted by Gasteiger charge is 2.33. The highest BCUT2D eigenvalue weighted by Crippen LogP contribution is 2.32. The molecule has 12 heavy (non-hydrogen) atoms. The maximum Gasteiger partial charge on any atom is 0.220 e. The summed E-state index contributed by atoms with van der Waals surface area (Å²) in [5.41, 5.74) is 1.18. The molecule has 1 saturated heterocycles. The summed E-state index contributed by atoms with van der Waals surface area (Å²) in [5.74, 6) is 0.682. The number of amides is 1. The molecule has 1 amide bonds. The van der Waals surface area contributed by atoms with E-state index in [-0.39, 0.29) is 11.9 Å². The summed E-state index contributed by atoms with van der Waals surface area (Å²) < 4.78 is 0. The molecule has 0 saturated carbocycles. The fourth-order valence-electron chi connectivity index (χ4n) is 2.06. The third kappa shape index (κ3) is 0.986. The summed E-state index contributed by atoms with van der Waals surface area (Å²) in [6, 6.07) is 0.187. The fourth-order valence-corrected chi connectivity index (χ4v) is 2.06. The number of piperidine rings is 1. The van der Waals surface area contributed by atoms with Gasteiger partial charge in [0.1, 0.15) is 0 Å². The summed E-state index contributed by atoms with van der Waals surface area (Å²) >= 11 is 0. The van der Waals surface area contributed by atoms with E-state index in [2.05, 4.69) is 18.7 Å². The molecule has 2 aliphatic heterocycles. The van der Waals surface area contributed by atoms with Gasteiger partial charge in [-0.3, -0.25) is 4.79 Å². The Hall–Kier alpha value is -1.05. The van der Waals surface area contributed by atoms with Crippen LogP contribution in [0.2, 0.25) is 0 Å². The topological polar surface area (TPSA) is 20.3 Å². The van der Waals surface area contributed by atoms with Crippen LogP contribution in [0.15, 0.2) is 24.3 Å². The van der Waals surface area contributed by atoms with Crippen molar-refractivity contribution in [1.82, 2.24) is 4.90 Å². The lowest BCUT2D eigenvalue weighted by molar-refractivity contribution is -0.131. The lowest BCUT2D eigenvalue weighted by Crippen LogP contribution is -2.48. The molecule has 2 atom stereocenters. The van der Waals surface area contributed by atoms with Crippen molar-refractivity contribution in [3.63, 3.8) is 0 Å². The zero-order chi connectivity index (χ0) is 8.72. The SMILES string of the molecule is C=C1CC2C=CC1N(C(C)=O)C2. The first-order chi connectivity index (χ1) is 5.68. The van der Waals surface area contributed by atoms with E-state index in [1.165, 1.54) is 5.57 Å². The number of rotatable bonds is 0. The standard InChI is InChI=1S/C10H13NO/c1-7-5-9-3-4-10(7)11(6-9)8(2)12/h3-4,9-10H,1,5-6H2,2H3. The van der Waals surface area contributed by atoms with Crippen LogP contribution in [-0.2, 0) is 4.79 Å². The molecule has 2 unspecified atom stereocenters. The van der Waals surface area contributed by atoms with Crippen LogP contribution in [0, 0.1) is 5.92 Å². The van der Waals surface area contributed by atoms with Gasteiger partial charge in [-0.2, -0.15) is 0 Å². The van der Waals surface area contributed by atoms with E-state index in [0.29, 0.717) is 5.92 Å². The van der Waals surface area contributed by atoms with Crippen LogP contribution >= 0.6 is 0 Å². The normalized spacial score (nSPS) is 32.8. The van der Waals surface area contributed by atoms with Gasteiger partial charge in [-0.25, -0.2) is 0 Å². The second-order valence-corrected chi connectivity index (χ2v) is 3.62. The summed E-state index contributed by atoms with van der Waals surface area (Å²) in [4.78, 5) is 13.1. The van der Waals surface area contributed by atoms with Gasteiger partial charge >= 0.3 is 0 Å². The van der Waals surface area contributed by atoms with Crippen LogP contribution in [0.5, 0.6) is 0 Å². The minimum absolute atomic E-state index is 0.162. The molecule has 3 aliphatic rings. The van der Waals surface area contributed by atoms with Crippen LogP contribution in [-0.4, -0.2) is 23.4 Å². The monoisotopic (exact) mass is 163 g/mol. The van der Waals surface area contributed by atoms with Gasteiger partial charge in [-0.1, -0.05) is 24.3 Å². The molecule has 0 aromatic rings. The van der Waals surface area contributed by atoms with E-state index < -0.39 is 0 Å². The van der Waals surface area contributed by atoms with Gasteiger partial charge in [0.2, 0.25) is 5.91 Å². The van der Waals surface area contributed by atoms with Gasteiger partial charge in [0.15, 0.2) is 0 Å². The largest absolute Gasteiger partial charge is 0.332 e. The summed E-state index contributed by atoms with van der Waals surface area (Å²) in [7, 11) is 0. The molecule has 1 aliphatic carbocycles. The summed E-state index contributed by atoms with van der Waals surface area (Å²) in [6.45, 7) is 6.50. The number of hydrogen-bond donors (Lipinski definition) is 0. The first-order valence-electron chi connectivity index (χ1n) is 4.31. The van der Waals surface area contributed by atoms with Crippen molar-refractivity contribution in [1.29, 1.82) is 0 Å². The average molecular weight is 163 g/mol. The van der Waals surface area contributed by atoms with E-state index in [1.807, 2.05) is 4.90 Å². The Balaban J connectivity index is 2.28. The maximum atomic E-state index is 11.2. The van der Waals surface area contributed by atoms with Crippen molar-refractivity contribution in [2.45, 2.75) is 19.4 Å². The zero-order valence-electron chi connectivity index (χ0n) is 7.29. The molecule has 0 N–H and O–H groups in total. The molecular weight excluding hydrogens is 150 g/mol. The molecule has 0 aromatic heterocycles. The highest BCUT2D eigenvalue weighted by molar-refractivity contribution is 5.75. The summed E-state index contributed by atoms with van der Waals surface area (Å²) in [6.07, 6.45) is 5.37. The van der Waals surface area contributed by atoms with Crippen LogP contribution in [0.1, 0.15) is 13.3 Å². The predicted molar refractivity (Wildman–Crippen MR) is 47.6 cm³/mol. The molecule has 0 radical (unpaired) electrons. The molecule has 2 heteroatoms. The lowest BCUT2D eigenvalue weighted by Gasteiger charge is -2.42. The average Bonchev–Trinajstić information content (AvgIpc) is 2.04. The molecule has 64 valence electrons. The lowest BCUT2D eigenvalue weighted by atomic mass is 9.83. The second kappa shape index (κ2) is 2.47. The van der Waals surface area contributed by atoms with Crippen LogP contribution < -0.4 is 0 Å². The van der Waals surface area contributed by atoms with Crippen molar-refractivity contribution in [3.05, 3.63) is 24.3 Å². The minimum Gasteiger partial charge on any atom is -0.332 e. The van der Waals surface area contributed by atoms with Gasteiger partial charge in [-0.15, -0.1) is 0 Å². The molecule has 2 bridgehead atoms. The van der Waals surface area contributed by atoms with E-state index in [9.17, 15) is 4.79 Å². The van der Waals surface area contributed by atoms with Crippen molar-refractivity contribution in [2.75, 3.05) is 6.54 Å². The summed E-state index contributed by atoms with van der Waals surface area (Å²) in [5, 5.41) is 0. The number of nitrogens with zero attached hydrogens (tertiary/aromatic N) is 1. The maximum absolute atomic E-state index is 11.2. The van der Waals surface area contributed by atoms with Crippen LogP contribution in [0.25, 0.3) is 0 Å². The minimum atomic E-state index is 0.162. The molecule has 1 fully saturated rings. The van der Waals surface area contributed by atoms with Crippen molar-refractivity contribution >= 4 is 5.91 Å². The van der Waals surface area contributed by atoms with Crippen molar-refractivity contribution < 1.29 is 4.79 Å². The Morgan fingerprint density at radius 2 is 2.42 bits per heavy atom. The quantitative estimate of drug-likeness (QED) is 0.494. The van der Waals surface area contributed by atoms with Crippen LogP contribution in [0.3, 0.4) is 0 Å². The first-order valence-corrected chi connectivity index (χ1v) is 4.31. The Morgan fingerprint density at radius 3 is 2.83 bits per heavy atom. The second-order valence-electron chi connectivity index (χ2n) is 3.62. The van der Waals surface area contributed by atoms with Gasteiger partial charge in [-0.05, 0) is 12.3 Å². The third-order valence-corrected chi connectivity index (χ3v) is 2.68. The van der Waals surface area contributed by atoms with E-state index in [0.717, 1.165) is 13.0 Å². The first kappa shape index (κ1) is 7.59. The molecular formula is C10H13NO. The zero-order valence-corrected chi connectivity index (χ0v) is 7.29. The van der Waals surface area contributed by atoms with Gasteiger partial charge in [0.05, 0.1) is 6.04 Å². The van der Waals surface area contributed by atoms with Crippen LogP contribution in [0.4, 0.5) is 0 Å². The van der Waals surface area contributed by atoms with Crippen molar-refractivity contribution in [2.24, 2.45) is 5.92 Å². The van der Waals surface area contributed by atoms with E-state index in [4.69, 9.17) is 0 Å². The number of carbonyl (C=O) groups excluding carboxylic acids is 1. The number of hydrogen-bond acceptors (Lipinski definition) is 1. The van der Waals surface area contributed by atoms with Gasteiger partial charge in [0, 0.05) is 13.5 Å². The third-order valence-electron chi connectivity index (χ3n) is 2.68. The Kier molecular flexibility index (Phi) is 1.56. The smallest absolute Gasteiger partial charge is 0.220 e. The number of carbonyl (C=O) groups is 1. The Labute approximate surface area is 72.6 Å². The highest BCUT2D eigenvalue weighted by atomic mass is 16.2. The molecule has 0 aromatic carbocycles. The fraction of sp³-hybridized carbons (Fsp3) is 0.500. The Bertz CT molecular complexity index is 267. The van der Waals surface area contributed by atoms with Gasteiger partial charge in [0.25, 0.3) is 0 Å². The molecule has 0 spiro atoms. The predicted octanol–water partition coefficient (Wildman–Crippen LogP) is 1.35. The molecule has 3 rings (SSSR count).